The van der Waals surface area contributed by atoms with Gasteiger partial charge in [0.15, 0.2) is 0 Å². The Kier molecular flexibility index (Phi) is 7.98. The Morgan fingerprint density at radius 3 is 2.10 bits per heavy atom. The number of benzene rings is 2. The van der Waals surface area contributed by atoms with Crippen LogP contribution in [0.4, 0.5) is 41.2 Å². The molecule has 42 heavy (non-hydrogen) atoms. The fourth-order valence-corrected chi connectivity index (χ4v) is 4.67. The second-order valence-electron chi connectivity index (χ2n) is 11.4. The first-order valence-corrected chi connectivity index (χ1v) is 13.0. The Morgan fingerprint density at radius 2 is 1.57 bits per heavy atom. The monoisotopic (exact) mass is 603 g/mol. The largest absolute Gasteiger partial charge is 0.444 e. The predicted octanol–water partition coefficient (Wildman–Crippen LogP) is 5.88. The molecule has 1 unspecified atom stereocenters. The molecule has 1 fully saturated rings. The lowest BCUT2D eigenvalue weighted by Gasteiger charge is -2.28. The molecule has 0 spiro atoms. The quantitative estimate of drug-likeness (QED) is 0.418. The molecule has 2 aromatic carbocycles. The van der Waals surface area contributed by atoms with Crippen LogP contribution in [-0.4, -0.2) is 35.1 Å². The maximum Gasteiger partial charge on any atom is 0.416 e. The Hall–Kier alpha value is -3.84. The van der Waals surface area contributed by atoms with E-state index in [4.69, 9.17) is 4.74 Å². The molecule has 0 radical (unpaired) electrons. The number of alkyl carbamates (subject to hydrolysis) is 1. The zero-order chi connectivity index (χ0) is 31.3. The number of nitrogens with zero attached hydrogens (tertiary/aromatic N) is 1. The number of carbonyl (C=O) groups is 3. The molecule has 0 aromatic heterocycles. The number of anilines is 1. The zero-order valence-electron chi connectivity index (χ0n) is 22.8. The number of fused-ring (bicyclic) bond motifs is 1. The van der Waals surface area contributed by atoms with Crippen LogP contribution in [0.15, 0.2) is 36.4 Å². The van der Waals surface area contributed by atoms with Crippen molar-refractivity contribution >= 4 is 23.6 Å². The normalized spacial score (nSPS) is 18.6. The first-order chi connectivity index (χ1) is 19.3. The minimum atomic E-state index is -5.10. The Bertz CT molecular complexity index is 1360. The van der Waals surface area contributed by atoms with E-state index in [0.29, 0.717) is 12.1 Å². The van der Waals surface area contributed by atoms with Gasteiger partial charge < -0.3 is 20.3 Å². The summed E-state index contributed by atoms with van der Waals surface area (Å²) in [5, 5.41) is 5.06. The van der Waals surface area contributed by atoms with Crippen molar-refractivity contribution in [2.45, 2.75) is 82.5 Å². The smallest absolute Gasteiger partial charge is 0.416 e. The third-order valence-electron chi connectivity index (χ3n) is 6.82. The molecule has 7 nitrogen and oxygen atoms in total. The molecule has 3 amide bonds. The second-order valence-corrected chi connectivity index (χ2v) is 11.4. The van der Waals surface area contributed by atoms with Gasteiger partial charge in [0.1, 0.15) is 23.0 Å². The molecular formula is C28H28F7N3O4. The first kappa shape index (κ1) is 31.1. The van der Waals surface area contributed by atoms with Crippen LogP contribution in [0.25, 0.3) is 0 Å². The Balaban J connectivity index is 1.65. The van der Waals surface area contributed by atoms with Crippen LogP contribution in [0.2, 0.25) is 0 Å². The van der Waals surface area contributed by atoms with E-state index >= 15 is 0 Å². The molecule has 4 rings (SSSR count). The summed E-state index contributed by atoms with van der Waals surface area (Å²) < 4.78 is 100. The number of ether oxygens (including phenoxy) is 1. The predicted molar refractivity (Wildman–Crippen MR) is 136 cm³/mol. The molecule has 1 saturated carbocycles. The Morgan fingerprint density at radius 1 is 0.976 bits per heavy atom. The highest BCUT2D eigenvalue weighted by Crippen LogP contribution is 2.39. The van der Waals surface area contributed by atoms with E-state index in [1.54, 1.807) is 20.8 Å². The van der Waals surface area contributed by atoms with Crippen molar-refractivity contribution < 1.29 is 49.9 Å². The summed E-state index contributed by atoms with van der Waals surface area (Å²) in [6.45, 7) is 4.17. The maximum atomic E-state index is 14.1. The van der Waals surface area contributed by atoms with Crippen LogP contribution < -0.4 is 15.5 Å². The van der Waals surface area contributed by atoms with E-state index in [1.807, 2.05) is 0 Å². The number of hydrogen-bond acceptors (Lipinski definition) is 4. The van der Waals surface area contributed by atoms with E-state index in [-0.39, 0.29) is 43.0 Å². The number of carbonyl (C=O) groups excluding carboxylic acids is 3. The number of rotatable bonds is 5. The molecule has 2 aliphatic rings. The van der Waals surface area contributed by atoms with Gasteiger partial charge in [0.2, 0.25) is 11.8 Å². The zero-order valence-corrected chi connectivity index (χ0v) is 22.8. The molecule has 1 aliphatic heterocycles. The SMILES string of the molecule is CC(C)(C)OC(=O)NC1(C(=O)NC2CCc3cc(F)ccc3N(Cc3cc(C(F)(F)F)cc(C(F)(F)F)c3)C2=O)CC1. The fourth-order valence-electron chi connectivity index (χ4n) is 4.67. The number of halogens is 7. The first-order valence-electron chi connectivity index (χ1n) is 13.0. The molecule has 1 aliphatic carbocycles. The van der Waals surface area contributed by atoms with Gasteiger partial charge in [-0.2, -0.15) is 26.3 Å². The third-order valence-corrected chi connectivity index (χ3v) is 6.82. The summed E-state index contributed by atoms with van der Waals surface area (Å²) >= 11 is 0. The molecule has 14 heteroatoms. The number of nitrogens with one attached hydrogen (secondary N) is 2. The van der Waals surface area contributed by atoms with Crippen molar-refractivity contribution in [2.24, 2.45) is 0 Å². The molecule has 1 atom stereocenters. The highest BCUT2D eigenvalue weighted by atomic mass is 19.4. The van der Waals surface area contributed by atoms with Crippen LogP contribution in [0.5, 0.6) is 0 Å². The highest BCUT2D eigenvalue weighted by Gasteiger charge is 2.53. The lowest BCUT2D eigenvalue weighted by Crippen LogP contribution is -2.56. The average molecular weight is 604 g/mol. The van der Waals surface area contributed by atoms with Crippen LogP contribution in [-0.2, 0) is 39.6 Å². The molecule has 0 bridgehead atoms. The summed E-state index contributed by atoms with van der Waals surface area (Å²) in [5.41, 5.74) is -5.41. The molecule has 228 valence electrons. The molecule has 0 saturated heterocycles. The fraction of sp³-hybridized carbons (Fsp3) is 0.464. The van der Waals surface area contributed by atoms with E-state index in [2.05, 4.69) is 10.6 Å². The number of amides is 3. The van der Waals surface area contributed by atoms with Crippen molar-refractivity contribution in [1.29, 1.82) is 0 Å². The summed E-state index contributed by atoms with van der Waals surface area (Å²) in [6, 6.07) is 3.04. The van der Waals surface area contributed by atoms with Gasteiger partial charge in [-0.15, -0.1) is 0 Å². The van der Waals surface area contributed by atoms with Gasteiger partial charge >= 0.3 is 18.4 Å². The third kappa shape index (κ3) is 7.13. The summed E-state index contributed by atoms with van der Waals surface area (Å²) in [6.07, 6.45) is -10.5. The van der Waals surface area contributed by atoms with Crippen molar-refractivity contribution in [3.8, 4) is 0 Å². The molecular weight excluding hydrogens is 575 g/mol. The van der Waals surface area contributed by atoms with E-state index in [9.17, 15) is 45.1 Å². The van der Waals surface area contributed by atoms with Crippen molar-refractivity contribution in [1.82, 2.24) is 10.6 Å². The number of hydrogen-bond donors (Lipinski definition) is 2. The van der Waals surface area contributed by atoms with Crippen LogP contribution in [0.3, 0.4) is 0 Å². The molecule has 1 heterocycles. The van der Waals surface area contributed by atoms with E-state index in [0.717, 1.165) is 17.0 Å². The minimum absolute atomic E-state index is 0.0210. The highest BCUT2D eigenvalue weighted by molar-refractivity contribution is 6.02. The second kappa shape index (κ2) is 10.8. The summed E-state index contributed by atoms with van der Waals surface area (Å²) in [7, 11) is 0. The molecule has 2 aromatic rings. The maximum absolute atomic E-state index is 14.1. The topological polar surface area (TPSA) is 87.7 Å². The van der Waals surface area contributed by atoms with Crippen molar-refractivity contribution in [2.75, 3.05) is 4.90 Å². The minimum Gasteiger partial charge on any atom is -0.444 e. The van der Waals surface area contributed by atoms with Gasteiger partial charge in [0, 0.05) is 5.69 Å². The van der Waals surface area contributed by atoms with Gasteiger partial charge in [-0.3, -0.25) is 9.59 Å². The van der Waals surface area contributed by atoms with Gasteiger partial charge in [0.05, 0.1) is 17.7 Å². The van der Waals surface area contributed by atoms with Gasteiger partial charge in [-0.25, -0.2) is 9.18 Å². The van der Waals surface area contributed by atoms with Crippen LogP contribution in [0, 0.1) is 5.82 Å². The van der Waals surface area contributed by atoms with Crippen molar-refractivity contribution in [3.05, 3.63) is 64.5 Å². The molecule has 2 N–H and O–H groups in total. The van der Waals surface area contributed by atoms with Gasteiger partial charge in [0.25, 0.3) is 0 Å². The number of alkyl halides is 6. The van der Waals surface area contributed by atoms with Crippen LogP contribution >= 0.6 is 0 Å². The lowest BCUT2D eigenvalue weighted by atomic mass is 10.0. The summed E-state index contributed by atoms with van der Waals surface area (Å²) in [5.74, 6) is -2.20. The average Bonchev–Trinajstić information content (AvgIpc) is 3.63. The van der Waals surface area contributed by atoms with Crippen LogP contribution in [0.1, 0.15) is 62.3 Å². The summed E-state index contributed by atoms with van der Waals surface area (Å²) in [4.78, 5) is 40.1. The van der Waals surface area contributed by atoms with E-state index in [1.165, 1.54) is 6.07 Å². The van der Waals surface area contributed by atoms with Gasteiger partial charge in [-0.05, 0) is 94.0 Å². The Labute approximate surface area is 236 Å². The van der Waals surface area contributed by atoms with Crippen molar-refractivity contribution in [3.63, 3.8) is 0 Å². The lowest BCUT2D eigenvalue weighted by molar-refractivity contribution is -0.143. The standard InChI is InChI=1S/C28H28F7N3O4/c1-25(2,3)42-24(41)37-26(8-9-26)23(40)36-20-6-4-16-12-19(29)5-7-21(16)38(22(20)39)14-15-10-17(27(30,31)32)13-18(11-15)28(33,34)35/h5,7,10-13,20H,4,6,8-9,14H2,1-3H3,(H,36,40)(H,37,41). The van der Waals surface area contributed by atoms with E-state index < -0.39 is 76.5 Å². The number of aryl methyl sites for hydroxylation is 1. The van der Waals surface area contributed by atoms with Gasteiger partial charge in [-0.1, -0.05) is 0 Å².